The van der Waals surface area contributed by atoms with Gasteiger partial charge < -0.3 is 38.6 Å². The van der Waals surface area contributed by atoms with Crippen molar-refractivity contribution in [1.82, 2.24) is 0 Å². The molecule has 14 heteroatoms. The number of cyclic esters (lactones) is 2. The van der Waals surface area contributed by atoms with Crippen LogP contribution in [0.2, 0.25) is 0 Å². The first-order valence-electron chi connectivity index (χ1n) is 14.5. The van der Waals surface area contributed by atoms with E-state index in [-0.39, 0.29) is 70.6 Å². The lowest BCUT2D eigenvalue weighted by Crippen LogP contribution is -2.58. The van der Waals surface area contributed by atoms with E-state index in [1.165, 1.54) is 12.1 Å². The van der Waals surface area contributed by atoms with Crippen molar-refractivity contribution in [1.29, 1.82) is 0 Å². The van der Waals surface area contributed by atoms with E-state index in [9.17, 15) is 39.0 Å². The summed E-state index contributed by atoms with van der Waals surface area (Å²) in [7, 11) is 2.17. The number of carbonyl (C=O) groups excluding carboxylic acids is 6. The van der Waals surface area contributed by atoms with Gasteiger partial charge in [-0.2, -0.15) is 0 Å². The smallest absolute Gasteiger partial charge is 0.354 e. The Morgan fingerprint density at radius 2 is 1.07 bits per heavy atom. The molecule has 4 atom stereocenters. The number of carbonyl (C=O) groups is 6. The van der Waals surface area contributed by atoms with Crippen LogP contribution in [0, 0.1) is 13.8 Å². The van der Waals surface area contributed by atoms with Crippen molar-refractivity contribution in [2.24, 2.45) is 0 Å². The zero-order chi connectivity index (χ0) is 33.3. The second-order valence-electron chi connectivity index (χ2n) is 11.8. The third kappa shape index (κ3) is 4.37. The van der Waals surface area contributed by atoms with E-state index < -0.39 is 83.2 Å². The van der Waals surface area contributed by atoms with Gasteiger partial charge in [-0.1, -0.05) is 0 Å². The summed E-state index contributed by atoms with van der Waals surface area (Å²) < 4.78 is 33.6. The van der Waals surface area contributed by atoms with Crippen LogP contribution in [0.5, 0.6) is 23.0 Å². The van der Waals surface area contributed by atoms with E-state index in [1.54, 1.807) is 13.8 Å². The summed E-state index contributed by atoms with van der Waals surface area (Å²) in [4.78, 5) is 78.5. The van der Waals surface area contributed by atoms with Crippen LogP contribution in [-0.4, -0.2) is 83.3 Å². The number of esters is 4. The molecule has 0 aromatic heterocycles. The lowest BCUT2D eigenvalue weighted by Gasteiger charge is -2.41. The molecule has 46 heavy (non-hydrogen) atoms. The third-order valence-corrected chi connectivity index (χ3v) is 9.01. The van der Waals surface area contributed by atoms with Gasteiger partial charge in [0.2, 0.25) is 11.2 Å². The predicted molar refractivity (Wildman–Crippen MR) is 152 cm³/mol. The van der Waals surface area contributed by atoms with E-state index in [0.717, 1.165) is 14.2 Å². The highest BCUT2D eigenvalue weighted by Gasteiger charge is 2.60. The first kappa shape index (κ1) is 30.9. The lowest BCUT2D eigenvalue weighted by atomic mass is 9.79. The van der Waals surface area contributed by atoms with Gasteiger partial charge in [-0.25, -0.2) is 9.59 Å². The van der Waals surface area contributed by atoms with Crippen molar-refractivity contribution in [3.05, 3.63) is 34.4 Å². The number of aryl methyl sites for hydroxylation is 2. The number of hydrogen-bond acceptors (Lipinski definition) is 14. The van der Waals surface area contributed by atoms with Gasteiger partial charge in [0.1, 0.15) is 34.1 Å². The first-order chi connectivity index (χ1) is 21.8. The van der Waals surface area contributed by atoms with Crippen molar-refractivity contribution < 1.29 is 67.4 Å². The minimum atomic E-state index is -2.13. The molecule has 0 saturated carbocycles. The Morgan fingerprint density at radius 3 is 1.37 bits per heavy atom. The maximum atomic E-state index is 13.8. The maximum absolute atomic E-state index is 13.8. The fourth-order valence-electron chi connectivity index (χ4n) is 6.90. The number of fused-ring (bicyclic) bond motifs is 2. The van der Waals surface area contributed by atoms with Gasteiger partial charge in [-0.3, -0.25) is 19.2 Å². The number of methoxy groups -OCH3 is 2. The molecule has 242 valence electrons. The zero-order valence-corrected chi connectivity index (χ0v) is 25.3. The number of rotatable bonds is 5. The normalized spacial score (nSPS) is 26.7. The molecule has 0 bridgehead atoms. The largest absolute Gasteiger partial charge is 0.507 e. The molecule has 0 radical (unpaired) electrons. The predicted octanol–water partition coefficient (Wildman–Crippen LogP) is 2.55. The molecule has 4 aliphatic heterocycles. The number of aromatic hydroxyl groups is 2. The topological polar surface area (TPSA) is 198 Å². The molecule has 2 fully saturated rings. The lowest BCUT2D eigenvalue weighted by molar-refractivity contribution is -0.176. The second-order valence-corrected chi connectivity index (χ2v) is 11.8. The highest BCUT2D eigenvalue weighted by atomic mass is 16.6. The molecule has 2 aromatic rings. The van der Waals surface area contributed by atoms with Gasteiger partial charge in [0.15, 0.2) is 23.8 Å². The van der Waals surface area contributed by atoms with E-state index in [0.29, 0.717) is 0 Å². The van der Waals surface area contributed by atoms with Crippen LogP contribution >= 0.6 is 0 Å². The van der Waals surface area contributed by atoms with Crippen LogP contribution in [0.1, 0.15) is 70.4 Å². The van der Waals surface area contributed by atoms with E-state index in [4.69, 9.17) is 28.4 Å². The summed E-state index contributed by atoms with van der Waals surface area (Å²) in [5, 5.41) is 21.9. The fourth-order valence-corrected chi connectivity index (χ4v) is 6.90. The van der Waals surface area contributed by atoms with Gasteiger partial charge in [-0.05, 0) is 49.9 Å². The molecular formula is C32H30O14. The molecule has 0 spiro atoms. The van der Waals surface area contributed by atoms with Gasteiger partial charge in [0.25, 0.3) is 0 Å². The average Bonchev–Trinajstić information content (AvgIpc) is 3.65. The average molecular weight is 639 g/mol. The zero-order valence-electron chi connectivity index (χ0n) is 25.3. The van der Waals surface area contributed by atoms with Gasteiger partial charge in [-0.15, -0.1) is 0 Å². The van der Waals surface area contributed by atoms with Crippen molar-refractivity contribution in [2.75, 3.05) is 14.2 Å². The molecule has 4 aliphatic rings. The molecule has 0 aliphatic carbocycles. The van der Waals surface area contributed by atoms with Crippen LogP contribution in [0.4, 0.5) is 0 Å². The number of ether oxygens (including phenoxy) is 6. The number of benzene rings is 2. The SMILES string of the molecule is COC(=O)[C@]1([C@@H]2CCC(=O)O2)CC(=O)c2c(O)cc(C)c(-c3c(C)cc(O)c4c3O[C@@](C(=O)OC)([C@@H]3CCC(=O)O3)CC4=O)c2O1. The molecule has 0 unspecified atom stereocenters. The van der Waals surface area contributed by atoms with Crippen molar-refractivity contribution >= 4 is 35.4 Å². The Labute approximate surface area is 261 Å². The minimum Gasteiger partial charge on any atom is -0.507 e. The summed E-state index contributed by atoms with van der Waals surface area (Å²) in [6, 6.07) is 2.57. The maximum Gasteiger partial charge on any atom is 0.354 e. The summed E-state index contributed by atoms with van der Waals surface area (Å²) in [6.45, 7) is 3.12. The fraction of sp³-hybridized carbons (Fsp3) is 0.438. The molecule has 6 rings (SSSR count). The van der Waals surface area contributed by atoms with E-state index >= 15 is 0 Å². The van der Waals surface area contributed by atoms with E-state index in [2.05, 4.69) is 0 Å². The van der Waals surface area contributed by atoms with Gasteiger partial charge >= 0.3 is 23.9 Å². The number of ketones is 2. The van der Waals surface area contributed by atoms with Crippen molar-refractivity contribution in [2.45, 2.75) is 75.8 Å². The highest BCUT2D eigenvalue weighted by Crippen LogP contribution is 2.55. The van der Waals surface area contributed by atoms with Crippen LogP contribution in [0.25, 0.3) is 11.1 Å². The molecular weight excluding hydrogens is 608 g/mol. The Hall–Kier alpha value is -5.14. The Balaban J connectivity index is 1.63. The van der Waals surface area contributed by atoms with Gasteiger partial charge in [0, 0.05) is 24.0 Å². The number of phenolic OH excluding ortho intramolecular Hbond substituents is 2. The van der Waals surface area contributed by atoms with Crippen LogP contribution in [0.15, 0.2) is 12.1 Å². The minimum absolute atomic E-state index is 0.0384. The van der Waals surface area contributed by atoms with Gasteiger partial charge in [0.05, 0.1) is 27.1 Å². The summed E-state index contributed by atoms with van der Waals surface area (Å²) in [5.41, 5.74) is -4.14. The quantitative estimate of drug-likeness (QED) is 0.358. The highest BCUT2D eigenvalue weighted by molar-refractivity contribution is 6.11. The second kappa shape index (κ2) is 10.7. The standard InChI is InChI=1S/C32H30O14/c1-13-9-15(33)25-17(35)11-31(29(39)41-3,19-5-7-21(37)43-19)45-27(25)23(13)24-14(2)10-16(34)26-18(36)12-32(30(40)42-4,46-28(24)26)20-6-8-22(38)44-20/h9-10,19-20,33-34H,5-8,11-12H2,1-4H3/t19-,20-,31+,32+/m0/s1. The molecule has 14 nitrogen and oxygen atoms in total. The molecule has 2 aromatic carbocycles. The molecule has 2 N–H and O–H groups in total. The third-order valence-electron chi connectivity index (χ3n) is 9.01. The number of Topliss-reactive ketones (excluding diaryl/α,β-unsaturated/α-hetero) is 2. The number of phenols is 2. The monoisotopic (exact) mass is 638 g/mol. The molecule has 2 saturated heterocycles. The molecule has 4 heterocycles. The Bertz CT molecular complexity index is 1630. The summed E-state index contributed by atoms with van der Waals surface area (Å²) in [6.07, 6.45) is -3.67. The van der Waals surface area contributed by atoms with E-state index in [1.807, 2.05) is 0 Å². The summed E-state index contributed by atoms with van der Waals surface area (Å²) >= 11 is 0. The van der Waals surface area contributed by atoms with Crippen LogP contribution in [-0.2, 0) is 38.1 Å². The van der Waals surface area contributed by atoms with Crippen LogP contribution < -0.4 is 9.47 Å². The summed E-state index contributed by atoms with van der Waals surface area (Å²) in [5.74, 6) is -6.18. The van der Waals surface area contributed by atoms with Crippen molar-refractivity contribution in [3.63, 3.8) is 0 Å². The van der Waals surface area contributed by atoms with Crippen molar-refractivity contribution in [3.8, 4) is 34.1 Å². The van der Waals surface area contributed by atoms with Crippen LogP contribution in [0.3, 0.4) is 0 Å². The first-order valence-corrected chi connectivity index (χ1v) is 14.5. The molecule has 0 amide bonds. The number of hydrogen-bond donors (Lipinski definition) is 2. The Morgan fingerprint density at radius 1 is 0.696 bits per heavy atom. The Kier molecular flexibility index (Phi) is 7.21.